The van der Waals surface area contributed by atoms with Gasteiger partial charge in [-0.05, 0) is 72.9 Å². The molecule has 1 heterocycles. The zero-order valence-electron chi connectivity index (χ0n) is 15.2. The Bertz CT molecular complexity index is 1520. The average Bonchev–Trinajstić information content (AvgIpc) is 3.11. The van der Waals surface area contributed by atoms with Crippen LogP contribution in [0, 0.1) is 0 Å². The van der Waals surface area contributed by atoms with Crippen LogP contribution >= 0.6 is 27.5 Å². The van der Waals surface area contributed by atoms with Crippen LogP contribution in [0.25, 0.3) is 54.6 Å². The molecule has 0 amide bonds. The first-order valence-electron chi connectivity index (χ1n) is 9.42. The van der Waals surface area contributed by atoms with Gasteiger partial charge in [0.2, 0.25) is 0 Å². The predicted molar refractivity (Wildman–Crippen MR) is 127 cm³/mol. The van der Waals surface area contributed by atoms with E-state index in [1.54, 1.807) is 0 Å². The Kier molecular flexibility index (Phi) is 3.74. The monoisotopic (exact) mass is 456 g/mol. The fourth-order valence-electron chi connectivity index (χ4n) is 4.29. The van der Waals surface area contributed by atoms with Gasteiger partial charge in [-0.2, -0.15) is 0 Å². The lowest BCUT2D eigenvalue weighted by Gasteiger charge is -2.14. The highest BCUT2D eigenvalue weighted by Crippen LogP contribution is 2.43. The van der Waals surface area contributed by atoms with Crippen LogP contribution in [0.3, 0.4) is 0 Å². The van der Waals surface area contributed by atoms with Gasteiger partial charge in [-0.1, -0.05) is 66.2 Å². The van der Waals surface area contributed by atoms with Gasteiger partial charge in [0.05, 0.1) is 0 Å². The molecule has 0 aliphatic heterocycles. The molecule has 0 aliphatic rings. The van der Waals surface area contributed by atoms with E-state index in [0.717, 1.165) is 26.4 Å². The third-order valence-corrected chi connectivity index (χ3v) is 6.68. The van der Waals surface area contributed by atoms with Crippen LogP contribution in [0.5, 0.6) is 0 Å². The number of fused-ring (bicyclic) bond motifs is 5. The van der Waals surface area contributed by atoms with Crippen molar-refractivity contribution in [3.63, 3.8) is 0 Å². The van der Waals surface area contributed by atoms with Crippen molar-refractivity contribution in [2.24, 2.45) is 0 Å². The van der Waals surface area contributed by atoms with Gasteiger partial charge in [0.15, 0.2) is 0 Å². The molecule has 0 unspecified atom stereocenters. The highest BCUT2D eigenvalue weighted by atomic mass is 79.9. The molecular weight excluding hydrogens is 444 g/mol. The summed E-state index contributed by atoms with van der Waals surface area (Å²) in [6.45, 7) is 0. The summed E-state index contributed by atoms with van der Waals surface area (Å²) in [5.41, 5.74) is 4.10. The predicted octanol–water partition coefficient (Wildman–Crippen LogP) is 8.98. The molecule has 0 radical (unpaired) electrons. The molecular formula is C26H14BrClO. The summed E-state index contributed by atoms with van der Waals surface area (Å²) < 4.78 is 7.16. The summed E-state index contributed by atoms with van der Waals surface area (Å²) in [7, 11) is 0. The van der Waals surface area contributed by atoms with Crippen molar-refractivity contribution in [2.45, 2.75) is 0 Å². The first kappa shape index (κ1) is 17.1. The minimum atomic E-state index is 0.682. The molecule has 6 aromatic rings. The molecule has 0 saturated heterocycles. The molecule has 0 saturated carbocycles. The largest absolute Gasteiger partial charge is 0.456 e. The van der Waals surface area contributed by atoms with Crippen molar-refractivity contribution in [1.82, 2.24) is 0 Å². The van der Waals surface area contributed by atoms with E-state index in [-0.39, 0.29) is 0 Å². The maximum absolute atomic E-state index is 6.15. The van der Waals surface area contributed by atoms with Crippen molar-refractivity contribution in [1.29, 1.82) is 0 Å². The third kappa shape index (κ3) is 2.53. The van der Waals surface area contributed by atoms with E-state index in [0.29, 0.717) is 5.02 Å². The van der Waals surface area contributed by atoms with Gasteiger partial charge in [-0.15, -0.1) is 0 Å². The van der Waals surface area contributed by atoms with Gasteiger partial charge in [-0.3, -0.25) is 0 Å². The van der Waals surface area contributed by atoms with Crippen LogP contribution < -0.4 is 0 Å². The van der Waals surface area contributed by atoms with E-state index in [9.17, 15) is 0 Å². The Balaban J connectivity index is 1.76. The van der Waals surface area contributed by atoms with Gasteiger partial charge in [0, 0.05) is 26.3 Å². The zero-order chi connectivity index (χ0) is 19.5. The fourth-order valence-corrected chi connectivity index (χ4v) is 5.15. The van der Waals surface area contributed by atoms with Gasteiger partial charge >= 0.3 is 0 Å². The molecule has 138 valence electrons. The summed E-state index contributed by atoms with van der Waals surface area (Å²) in [6, 6.07) is 29.4. The second-order valence-corrected chi connectivity index (χ2v) is 8.46. The Labute approximate surface area is 180 Å². The Morgan fingerprint density at radius 1 is 0.586 bits per heavy atom. The van der Waals surface area contributed by atoms with Crippen molar-refractivity contribution in [3.05, 3.63) is 94.4 Å². The second-order valence-electron chi connectivity index (χ2n) is 7.23. The average molecular weight is 458 g/mol. The second kappa shape index (κ2) is 6.35. The molecule has 0 bridgehead atoms. The van der Waals surface area contributed by atoms with E-state index in [2.05, 4.69) is 82.7 Å². The van der Waals surface area contributed by atoms with E-state index in [1.807, 2.05) is 18.2 Å². The van der Waals surface area contributed by atoms with Crippen molar-refractivity contribution < 1.29 is 4.42 Å². The number of furan rings is 1. The highest BCUT2D eigenvalue weighted by Gasteiger charge is 2.15. The molecule has 0 spiro atoms. The molecule has 0 atom stereocenters. The van der Waals surface area contributed by atoms with Crippen LogP contribution in [-0.2, 0) is 0 Å². The molecule has 29 heavy (non-hydrogen) atoms. The number of halogens is 2. The zero-order valence-corrected chi connectivity index (χ0v) is 17.6. The van der Waals surface area contributed by atoms with Crippen LogP contribution in [0.4, 0.5) is 0 Å². The highest BCUT2D eigenvalue weighted by molar-refractivity contribution is 9.10. The Morgan fingerprint density at radius 2 is 1.24 bits per heavy atom. The first-order chi connectivity index (χ1) is 14.2. The lowest BCUT2D eigenvalue weighted by molar-refractivity contribution is 0.669. The van der Waals surface area contributed by atoms with Crippen LogP contribution in [-0.4, -0.2) is 0 Å². The topological polar surface area (TPSA) is 13.1 Å². The maximum Gasteiger partial charge on any atom is 0.136 e. The lowest BCUT2D eigenvalue weighted by Crippen LogP contribution is -1.87. The molecule has 0 fully saturated rings. The van der Waals surface area contributed by atoms with Crippen LogP contribution in [0.15, 0.2) is 93.8 Å². The SMILES string of the molecule is Clc1ccc2c(c1)oc1ccc(-c3c4ccccc4c(Br)c4ccccc34)cc12. The Hall–Kier alpha value is -2.81. The molecule has 1 aromatic heterocycles. The Morgan fingerprint density at radius 3 is 1.93 bits per heavy atom. The van der Waals surface area contributed by atoms with Crippen LogP contribution in [0.2, 0.25) is 5.02 Å². The quantitative estimate of drug-likeness (QED) is 0.224. The molecule has 5 aromatic carbocycles. The number of rotatable bonds is 1. The summed E-state index contributed by atoms with van der Waals surface area (Å²) in [5.74, 6) is 0. The standard InChI is InChI=1S/C26H14BrClO/c27-26-20-7-3-1-5-18(20)25(19-6-2-4-8-21(19)26)15-9-12-23-22(13-15)17-11-10-16(28)14-24(17)29-23/h1-14H. The number of hydrogen-bond acceptors (Lipinski definition) is 1. The fraction of sp³-hybridized carbons (Fsp3) is 0. The first-order valence-corrected chi connectivity index (χ1v) is 10.6. The van der Waals surface area contributed by atoms with E-state index < -0.39 is 0 Å². The summed E-state index contributed by atoms with van der Waals surface area (Å²) in [6.07, 6.45) is 0. The summed E-state index contributed by atoms with van der Waals surface area (Å²) in [5, 5.41) is 7.75. The minimum Gasteiger partial charge on any atom is -0.456 e. The molecule has 6 rings (SSSR count). The van der Waals surface area contributed by atoms with Crippen molar-refractivity contribution in [2.75, 3.05) is 0 Å². The van der Waals surface area contributed by atoms with Crippen LogP contribution in [0.1, 0.15) is 0 Å². The summed E-state index contributed by atoms with van der Waals surface area (Å²) in [4.78, 5) is 0. The van der Waals surface area contributed by atoms with Crippen molar-refractivity contribution in [3.8, 4) is 11.1 Å². The third-order valence-electron chi connectivity index (χ3n) is 5.59. The normalized spacial score (nSPS) is 11.8. The number of benzene rings is 5. The number of hydrogen-bond donors (Lipinski definition) is 0. The maximum atomic E-state index is 6.15. The van der Waals surface area contributed by atoms with Crippen molar-refractivity contribution >= 4 is 71.0 Å². The summed E-state index contributed by atoms with van der Waals surface area (Å²) >= 11 is 9.99. The van der Waals surface area contributed by atoms with E-state index >= 15 is 0 Å². The van der Waals surface area contributed by atoms with E-state index in [4.69, 9.17) is 16.0 Å². The molecule has 3 heteroatoms. The smallest absolute Gasteiger partial charge is 0.136 e. The van der Waals surface area contributed by atoms with Gasteiger partial charge < -0.3 is 4.42 Å². The van der Waals surface area contributed by atoms with Gasteiger partial charge in [0.25, 0.3) is 0 Å². The molecule has 0 aliphatic carbocycles. The van der Waals surface area contributed by atoms with E-state index in [1.165, 1.54) is 32.7 Å². The van der Waals surface area contributed by atoms with Gasteiger partial charge in [0.1, 0.15) is 11.2 Å². The van der Waals surface area contributed by atoms with Gasteiger partial charge in [-0.25, -0.2) is 0 Å². The lowest BCUT2D eigenvalue weighted by atomic mass is 9.91. The minimum absolute atomic E-state index is 0.682. The molecule has 0 N–H and O–H groups in total. The molecule has 1 nitrogen and oxygen atoms in total.